The molecule has 0 bridgehead atoms. The predicted octanol–water partition coefficient (Wildman–Crippen LogP) is 2.36. The van der Waals surface area contributed by atoms with E-state index in [1.165, 1.54) is 0 Å². The molecular formula is C10H11ClO2. The van der Waals surface area contributed by atoms with Crippen molar-refractivity contribution < 1.29 is 9.53 Å². The van der Waals surface area contributed by atoms with Crippen LogP contribution in [-0.2, 0) is 16.1 Å². The van der Waals surface area contributed by atoms with Crippen LogP contribution >= 0.6 is 11.6 Å². The second-order valence-corrected chi connectivity index (χ2v) is 2.96. The van der Waals surface area contributed by atoms with Crippen LogP contribution in [0.4, 0.5) is 0 Å². The van der Waals surface area contributed by atoms with Crippen LogP contribution in [0, 0.1) is 0 Å². The zero-order chi connectivity index (χ0) is 9.52. The largest absolute Gasteiger partial charge is 0.461 e. The van der Waals surface area contributed by atoms with Crippen molar-refractivity contribution >= 4 is 17.6 Å². The molecule has 0 spiro atoms. The van der Waals surface area contributed by atoms with Crippen LogP contribution in [-0.4, -0.2) is 11.8 Å². The minimum atomic E-state index is -0.251. The van der Waals surface area contributed by atoms with E-state index >= 15 is 0 Å². The average molecular weight is 199 g/mol. The molecule has 0 aliphatic carbocycles. The van der Waals surface area contributed by atoms with Crippen LogP contribution in [0.5, 0.6) is 0 Å². The summed E-state index contributed by atoms with van der Waals surface area (Å²) in [4.78, 5) is 10.9. The molecule has 0 radical (unpaired) electrons. The molecule has 0 N–H and O–H groups in total. The van der Waals surface area contributed by atoms with Gasteiger partial charge in [0, 0.05) is 5.88 Å². The topological polar surface area (TPSA) is 26.3 Å². The summed E-state index contributed by atoms with van der Waals surface area (Å²) in [5, 5.41) is 0. The molecule has 0 saturated carbocycles. The van der Waals surface area contributed by atoms with Gasteiger partial charge < -0.3 is 4.74 Å². The van der Waals surface area contributed by atoms with Crippen molar-refractivity contribution in [2.75, 3.05) is 5.88 Å². The molecule has 1 aromatic carbocycles. The van der Waals surface area contributed by atoms with E-state index < -0.39 is 0 Å². The molecule has 0 aromatic heterocycles. The first-order valence-corrected chi connectivity index (χ1v) is 4.62. The highest BCUT2D eigenvalue weighted by Gasteiger charge is 2.00. The number of halogens is 1. The lowest BCUT2D eigenvalue weighted by Crippen LogP contribution is -2.04. The van der Waals surface area contributed by atoms with E-state index in [1.807, 2.05) is 30.3 Å². The van der Waals surface area contributed by atoms with Gasteiger partial charge in [-0.25, -0.2) is 0 Å². The molecule has 0 unspecified atom stereocenters. The lowest BCUT2D eigenvalue weighted by molar-refractivity contribution is -0.144. The van der Waals surface area contributed by atoms with Crippen molar-refractivity contribution in [1.82, 2.24) is 0 Å². The molecule has 3 heteroatoms. The van der Waals surface area contributed by atoms with Gasteiger partial charge in [0.2, 0.25) is 0 Å². The molecule has 0 aliphatic heterocycles. The average Bonchev–Trinajstić information content (AvgIpc) is 2.17. The monoisotopic (exact) mass is 198 g/mol. The number of rotatable bonds is 4. The Morgan fingerprint density at radius 3 is 2.62 bits per heavy atom. The smallest absolute Gasteiger partial charge is 0.307 e. The van der Waals surface area contributed by atoms with Crippen LogP contribution in [0.2, 0.25) is 0 Å². The van der Waals surface area contributed by atoms with Gasteiger partial charge in [-0.1, -0.05) is 30.3 Å². The Balaban J connectivity index is 2.31. The van der Waals surface area contributed by atoms with Crippen LogP contribution in [0.15, 0.2) is 30.3 Å². The number of esters is 1. The summed E-state index contributed by atoms with van der Waals surface area (Å²) in [6.07, 6.45) is 0.272. The molecule has 0 aliphatic rings. The minimum Gasteiger partial charge on any atom is -0.461 e. The highest BCUT2D eigenvalue weighted by Crippen LogP contribution is 2.01. The van der Waals surface area contributed by atoms with E-state index in [2.05, 4.69) is 0 Å². The van der Waals surface area contributed by atoms with Crippen molar-refractivity contribution in [3.05, 3.63) is 35.9 Å². The number of carbonyl (C=O) groups excluding carboxylic acids is 1. The van der Waals surface area contributed by atoms with E-state index in [0.717, 1.165) is 5.56 Å². The molecule has 0 fully saturated rings. The van der Waals surface area contributed by atoms with Crippen molar-refractivity contribution in [2.45, 2.75) is 13.0 Å². The second-order valence-electron chi connectivity index (χ2n) is 2.59. The molecule has 0 heterocycles. The third kappa shape index (κ3) is 3.95. The molecule has 2 nitrogen and oxygen atoms in total. The Hall–Kier alpha value is -1.02. The molecule has 1 rings (SSSR count). The van der Waals surface area contributed by atoms with Gasteiger partial charge >= 0.3 is 5.97 Å². The predicted molar refractivity (Wildman–Crippen MR) is 51.6 cm³/mol. The number of alkyl halides is 1. The lowest BCUT2D eigenvalue weighted by Gasteiger charge is -2.02. The van der Waals surface area contributed by atoms with Crippen LogP contribution < -0.4 is 0 Å². The number of benzene rings is 1. The number of ether oxygens (including phenoxy) is 1. The quantitative estimate of drug-likeness (QED) is 0.549. The van der Waals surface area contributed by atoms with E-state index in [-0.39, 0.29) is 12.4 Å². The van der Waals surface area contributed by atoms with Gasteiger partial charge in [-0.3, -0.25) is 4.79 Å². The van der Waals surface area contributed by atoms with E-state index in [9.17, 15) is 4.79 Å². The van der Waals surface area contributed by atoms with Gasteiger partial charge in [-0.05, 0) is 5.56 Å². The molecule has 0 saturated heterocycles. The third-order valence-corrected chi connectivity index (χ3v) is 1.73. The van der Waals surface area contributed by atoms with E-state index in [0.29, 0.717) is 12.5 Å². The van der Waals surface area contributed by atoms with Gasteiger partial charge in [0.1, 0.15) is 6.61 Å². The summed E-state index contributed by atoms with van der Waals surface area (Å²) < 4.78 is 4.95. The number of hydrogen-bond donors (Lipinski definition) is 0. The fourth-order valence-electron chi connectivity index (χ4n) is 0.887. The highest BCUT2D eigenvalue weighted by atomic mass is 35.5. The van der Waals surface area contributed by atoms with Gasteiger partial charge in [-0.2, -0.15) is 0 Å². The molecule has 70 valence electrons. The first-order valence-electron chi connectivity index (χ1n) is 4.08. The highest BCUT2D eigenvalue weighted by molar-refractivity contribution is 6.18. The summed E-state index contributed by atoms with van der Waals surface area (Å²) in [6, 6.07) is 9.56. The Kier molecular flexibility index (Phi) is 4.33. The number of hydrogen-bond acceptors (Lipinski definition) is 2. The lowest BCUT2D eigenvalue weighted by atomic mass is 10.2. The third-order valence-electron chi connectivity index (χ3n) is 1.54. The summed E-state index contributed by atoms with van der Waals surface area (Å²) >= 11 is 5.38. The van der Waals surface area contributed by atoms with Gasteiger partial charge in [0.05, 0.1) is 6.42 Å². The molecule has 0 atom stereocenters. The summed E-state index contributed by atoms with van der Waals surface area (Å²) in [6.45, 7) is 0.330. The number of carbonyl (C=O) groups is 1. The maximum atomic E-state index is 10.9. The zero-order valence-electron chi connectivity index (χ0n) is 7.20. The van der Waals surface area contributed by atoms with Crippen molar-refractivity contribution in [2.24, 2.45) is 0 Å². The molecular weight excluding hydrogens is 188 g/mol. The maximum absolute atomic E-state index is 10.9. The van der Waals surface area contributed by atoms with Gasteiger partial charge in [-0.15, -0.1) is 11.6 Å². The maximum Gasteiger partial charge on any atom is 0.307 e. The zero-order valence-corrected chi connectivity index (χ0v) is 7.96. The Morgan fingerprint density at radius 1 is 1.31 bits per heavy atom. The normalized spacial score (nSPS) is 9.62. The van der Waals surface area contributed by atoms with Gasteiger partial charge in [0.25, 0.3) is 0 Å². The van der Waals surface area contributed by atoms with Crippen LogP contribution in [0.3, 0.4) is 0 Å². The Bertz CT molecular complexity index is 259. The van der Waals surface area contributed by atoms with Crippen molar-refractivity contribution in [3.63, 3.8) is 0 Å². The SMILES string of the molecule is O=C(CCCl)OCc1ccccc1. The van der Waals surface area contributed by atoms with E-state index in [4.69, 9.17) is 16.3 Å². The van der Waals surface area contributed by atoms with Crippen LogP contribution in [0.25, 0.3) is 0 Å². The molecule has 0 amide bonds. The van der Waals surface area contributed by atoms with Crippen LogP contribution in [0.1, 0.15) is 12.0 Å². The minimum absolute atomic E-state index is 0.251. The first kappa shape index (κ1) is 10.1. The summed E-state index contributed by atoms with van der Waals surface area (Å²) in [7, 11) is 0. The summed E-state index contributed by atoms with van der Waals surface area (Å²) in [5.74, 6) is 0.0621. The van der Waals surface area contributed by atoms with E-state index in [1.54, 1.807) is 0 Å². The summed E-state index contributed by atoms with van der Waals surface area (Å²) in [5.41, 5.74) is 0.991. The Labute approximate surface area is 82.5 Å². The van der Waals surface area contributed by atoms with Crippen molar-refractivity contribution in [3.8, 4) is 0 Å². The Morgan fingerprint density at radius 2 is 2.00 bits per heavy atom. The second kappa shape index (κ2) is 5.60. The molecule has 1 aromatic rings. The standard InChI is InChI=1S/C10H11ClO2/c11-7-6-10(12)13-8-9-4-2-1-3-5-9/h1-5H,6-8H2. The molecule has 13 heavy (non-hydrogen) atoms. The van der Waals surface area contributed by atoms with Crippen molar-refractivity contribution in [1.29, 1.82) is 0 Å². The fraction of sp³-hybridized carbons (Fsp3) is 0.300. The van der Waals surface area contributed by atoms with Gasteiger partial charge in [0.15, 0.2) is 0 Å². The first-order chi connectivity index (χ1) is 6.33. The fourth-order valence-corrected chi connectivity index (χ4v) is 1.04.